The highest BCUT2D eigenvalue weighted by Crippen LogP contribution is 2.41. The zero-order valence-corrected chi connectivity index (χ0v) is 10.7. The fourth-order valence-corrected chi connectivity index (χ4v) is 2.51. The number of aliphatic hydroxyl groups is 1. The molecule has 0 amide bonds. The number of aromatic nitrogens is 1. The molecule has 1 aromatic rings. The second-order valence-corrected chi connectivity index (χ2v) is 5.24. The first-order valence-corrected chi connectivity index (χ1v) is 6.63. The molecular weight excluding hydrogens is 248 g/mol. The first-order valence-electron chi connectivity index (χ1n) is 6.22. The van der Waals surface area contributed by atoms with E-state index < -0.39 is 6.10 Å². The van der Waals surface area contributed by atoms with E-state index in [4.69, 9.17) is 0 Å². The quantitative estimate of drug-likeness (QED) is 0.671. The van der Waals surface area contributed by atoms with Crippen LogP contribution in [0.3, 0.4) is 0 Å². The van der Waals surface area contributed by atoms with E-state index in [1.54, 1.807) is 10.6 Å². The summed E-state index contributed by atoms with van der Waals surface area (Å²) in [4.78, 5) is 16.1. The molecule has 0 saturated heterocycles. The van der Waals surface area contributed by atoms with Crippen LogP contribution in [0.25, 0.3) is 0 Å². The lowest BCUT2D eigenvalue weighted by atomic mass is 9.88. The number of aliphatic imine (C=N–C) groups is 1. The molecule has 0 bridgehead atoms. The summed E-state index contributed by atoms with van der Waals surface area (Å²) in [5.41, 5.74) is 1.28. The third-order valence-electron chi connectivity index (χ3n) is 3.82. The SMILES string of the molecule is O=c1c(N=C=S)cc(C2CC2)cn1C1CC[C@H]1O. The van der Waals surface area contributed by atoms with Crippen LogP contribution >= 0.6 is 12.2 Å². The van der Waals surface area contributed by atoms with Crippen LogP contribution in [-0.4, -0.2) is 20.9 Å². The van der Waals surface area contributed by atoms with Crippen molar-refractivity contribution in [3.05, 3.63) is 28.2 Å². The number of isothiocyanates is 1. The third-order valence-corrected chi connectivity index (χ3v) is 3.91. The molecule has 1 aromatic heterocycles. The molecule has 4 nitrogen and oxygen atoms in total. The summed E-state index contributed by atoms with van der Waals surface area (Å²) >= 11 is 4.58. The fourth-order valence-electron chi connectivity index (χ4n) is 2.41. The predicted octanol–water partition coefficient (Wildman–Crippen LogP) is 2.16. The Morgan fingerprint density at radius 1 is 1.39 bits per heavy atom. The summed E-state index contributed by atoms with van der Waals surface area (Å²) in [5.74, 6) is 0.535. The maximum Gasteiger partial charge on any atom is 0.277 e. The van der Waals surface area contributed by atoms with Crippen molar-refractivity contribution in [2.45, 2.75) is 43.7 Å². The number of hydrogen-bond acceptors (Lipinski definition) is 4. The number of pyridine rings is 1. The molecule has 2 aliphatic rings. The molecule has 5 heteroatoms. The number of hydrogen-bond donors (Lipinski definition) is 1. The van der Waals surface area contributed by atoms with Gasteiger partial charge in [-0.15, -0.1) is 0 Å². The molecule has 0 spiro atoms. The molecule has 0 aliphatic heterocycles. The Labute approximate surface area is 110 Å². The molecule has 2 aliphatic carbocycles. The van der Waals surface area contributed by atoms with Gasteiger partial charge < -0.3 is 9.67 Å². The topological polar surface area (TPSA) is 54.6 Å². The average Bonchev–Trinajstić information content (AvgIpc) is 3.16. The van der Waals surface area contributed by atoms with Gasteiger partial charge in [0.2, 0.25) is 0 Å². The zero-order valence-electron chi connectivity index (χ0n) is 9.87. The molecule has 2 atom stereocenters. The Morgan fingerprint density at radius 2 is 2.17 bits per heavy atom. The molecule has 0 radical (unpaired) electrons. The number of nitrogens with zero attached hydrogens (tertiary/aromatic N) is 2. The molecular formula is C13H14N2O2S. The van der Waals surface area contributed by atoms with Gasteiger partial charge in [-0.3, -0.25) is 4.79 Å². The Balaban J connectivity index is 2.10. The Morgan fingerprint density at radius 3 is 2.67 bits per heavy atom. The van der Waals surface area contributed by atoms with Gasteiger partial charge in [0.05, 0.1) is 17.3 Å². The van der Waals surface area contributed by atoms with Crippen molar-refractivity contribution in [2.24, 2.45) is 4.99 Å². The highest BCUT2D eigenvalue weighted by Gasteiger charge is 2.33. The van der Waals surface area contributed by atoms with E-state index in [1.165, 1.54) is 0 Å². The van der Waals surface area contributed by atoms with Crippen LogP contribution in [0.15, 0.2) is 22.1 Å². The van der Waals surface area contributed by atoms with Gasteiger partial charge in [0.1, 0.15) is 5.69 Å². The minimum atomic E-state index is -0.415. The molecule has 94 valence electrons. The smallest absolute Gasteiger partial charge is 0.277 e. The molecule has 18 heavy (non-hydrogen) atoms. The summed E-state index contributed by atoms with van der Waals surface area (Å²) in [5, 5.41) is 12.0. The Kier molecular flexibility index (Phi) is 2.90. The minimum absolute atomic E-state index is 0.102. The lowest BCUT2D eigenvalue weighted by Gasteiger charge is -2.34. The first-order chi connectivity index (χ1) is 8.70. The summed E-state index contributed by atoms with van der Waals surface area (Å²) in [6.45, 7) is 0. The van der Waals surface area contributed by atoms with Crippen LogP contribution in [0.2, 0.25) is 0 Å². The second-order valence-electron chi connectivity index (χ2n) is 5.06. The highest BCUT2D eigenvalue weighted by atomic mass is 32.1. The van der Waals surface area contributed by atoms with Gasteiger partial charge in [-0.25, -0.2) is 0 Å². The molecule has 3 rings (SSSR count). The Bertz CT molecular complexity index is 585. The lowest BCUT2D eigenvalue weighted by molar-refractivity contribution is 0.0299. The van der Waals surface area contributed by atoms with E-state index >= 15 is 0 Å². The first kappa shape index (κ1) is 11.8. The Hall–Kier alpha value is -1.29. The summed E-state index contributed by atoms with van der Waals surface area (Å²) in [6, 6.07) is 1.70. The van der Waals surface area contributed by atoms with Crippen molar-refractivity contribution in [1.29, 1.82) is 0 Å². The standard InChI is InChI=1S/C13H14N2O2S/c16-12-4-3-11(12)15-6-9(8-1-2-8)5-10(13(15)17)14-7-18/h5-6,8,11-12,16H,1-4H2/t11?,12-/m1/s1. The minimum Gasteiger partial charge on any atom is -0.391 e. The largest absolute Gasteiger partial charge is 0.391 e. The molecule has 1 heterocycles. The third kappa shape index (κ3) is 1.94. The maximum absolute atomic E-state index is 12.2. The molecule has 0 aromatic carbocycles. The maximum atomic E-state index is 12.2. The number of thiocarbonyl (C=S) groups is 1. The molecule has 1 unspecified atom stereocenters. The molecule has 2 fully saturated rings. The van der Waals surface area contributed by atoms with E-state index in [1.807, 2.05) is 6.20 Å². The number of rotatable bonds is 3. The van der Waals surface area contributed by atoms with E-state index in [0.717, 1.165) is 31.2 Å². The van der Waals surface area contributed by atoms with Crippen molar-refractivity contribution in [1.82, 2.24) is 4.57 Å². The van der Waals surface area contributed by atoms with Gasteiger partial charge >= 0.3 is 0 Å². The molecule has 2 saturated carbocycles. The fraction of sp³-hybridized carbons (Fsp3) is 0.538. The van der Waals surface area contributed by atoms with Gasteiger partial charge in [0, 0.05) is 6.20 Å². The van der Waals surface area contributed by atoms with Crippen molar-refractivity contribution < 1.29 is 5.11 Å². The van der Waals surface area contributed by atoms with Crippen LogP contribution in [0, 0.1) is 0 Å². The van der Waals surface area contributed by atoms with Gasteiger partial charge in [0.25, 0.3) is 5.56 Å². The van der Waals surface area contributed by atoms with Crippen molar-refractivity contribution >= 4 is 23.1 Å². The lowest BCUT2D eigenvalue weighted by Crippen LogP contribution is -2.39. The summed E-state index contributed by atoms with van der Waals surface area (Å²) < 4.78 is 1.63. The van der Waals surface area contributed by atoms with Crippen molar-refractivity contribution in [3.8, 4) is 0 Å². The van der Waals surface area contributed by atoms with Crippen molar-refractivity contribution in [2.75, 3.05) is 0 Å². The van der Waals surface area contributed by atoms with Crippen LogP contribution < -0.4 is 5.56 Å². The van der Waals surface area contributed by atoms with Crippen LogP contribution in [0.4, 0.5) is 5.69 Å². The second kappa shape index (κ2) is 4.43. The van der Waals surface area contributed by atoms with E-state index in [0.29, 0.717) is 11.6 Å². The van der Waals surface area contributed by atoms with Gasteiger partial charge in [0.15, 0.2) is 0 Å². The van der Waals surface area contributed by atoms with Crippen LogP contribution in [0.5, 0.6) is 0 Å². The van der Waals surface area contributed by atoms with Crippen molar-refractivity contribution in [3.63, 3.8) is 0 Å². The van der Waals surface area contributed by atoms with E-state index in [-0.39, 0.29) is 11.6 Å². The number of aliphatic hydroxyl groups excluding tert-OH is 1. The normalized spacial score (nSPS) is 26.3. The molecule has 1 N–H and O–H groups in total. The van der Waals surface area contributed by atoms with Gasteiger partial charge in [-0.05, 0) is 55.4 Å². The summed E-state index contributed by atoms with van der Waals surface area (Å²) in [6.07, 6.45) is 5.39. The predicted molar refractivity (Wildman–Crippen MR) is 71.6 cm³/mol. The van der Waals surface area contributed by atoms with E-state index in [9.17, 15) is 9.90 Å². The monoisotopic (exact) mass is 262 g/mol. The zero-order chi connectivity index (χ0) is 12.7. The average molecular weight is 262 g/mol. The van der Waals surface area contributed by atoms with E-state index in [2.05, 4.69) is 22.4 Å². The van der Waals surface area contributed by atoms with Crippen LogP contribution in [0.1, 0.15) is 43.2 Å². The summed E-state index contributed by atoms with van der Waals surface area (Å²) in [7, 11) is 0. The highest BCUT2D eigenvalue weighted by molar-refractivity contribution is 7.78. The van der Waals surface area contributed by atoms with Crippen LogP contribution in [-0.2, 0) is 0 Å². The van der Waals surface area contributed by atoms with Gasteiger partial charge in [-0.2, -0.15) is 4.99 Å². The van der Waals surface area contributed by atoms with Gasteiger partial charge in [-0.1, -0.05) is 0 Å².